The molecule has 0 saturated heterocycles. The molecular formula is C22H20N2O2S. The first-order chi connectivity index (χ1) is 13.1. The molecule has 0 saturated carbocycles. The maximum absolute atomic E-state index is 13.4. The van der Waals surface area contributed by atoms with Crippen LogP contribution < -0.4 is 0 Å². The minimum Gasteiger partial charge on any atom is -0.353 e. The van der Waals surface area contributed by atoms with Crippen molar-refractivity contribution < 1.29 is 9.00 Å². The third-order valence-electron chi connectivity index (χ3n) is 5.50. The van der Waals surface area contributed by atoms with Crippen LogP contribution in [-0.2, 0) is 22.0 Å². The quantitative estimate of drug-likeness (QED) is 0.731. The Hall–Kier alpha value is -2.66. The smallest absolute Gasteiger partial charge is 0.227 e. The second-order valence-corrected chi connectivity index (χ2v) is 8.67. The van der Waals surface area contributed by atoms with Crippen LogP contribution in [0.1, 0.15) is 29.7 Å². The second kappa shape index (κ2) is 6.20. The van der Waals surface area contributed by atoms with E-state index in [0.29, 0.717) is 19.4 Å². The van der Waals surface area contributed by atoms with Gasteiger partial charge >= 0.3 is 0 Å². The molecule has 1 amide bonds. The van der Waals surface area contributed by atoms with Crippen molar-refractivity contribution in [1.29, 1.82) is 0 Å². The van der Waals surface area contributed by atoms with Crippen LogP contribution in [0.2, 0.25) is 0 Å². The number of carbonyl (C=O) groups is 1. The van der Waals surface area contributed by atoms with Gasteiger partial charge in [0, 0.05) is 33.7 Å². The number of fused-ring (bicyclic) bond motifs is 5. The molecule has 136 valence electrons. The highest BCUT2D eigenvalue weighted by Crippen LogP contribution is 2.41. The van der Waals surface area contributed by atoms with Crippen molar-refractivity contribution in [3.05, 3.63) is 70.3 Å². The van der Waals surface area contributed by atoms with Crippen molar-refractivity contribution >= 4 is 33.3 Å². The van der Waals surface area contributed by atoms with Gasteiger partial charge in [-0.05, 0) is 43.5 Å². The van der Waals surface area contributed by atoms with Crippen molar-refractivity contribution in [2.45, 2.75) is 31.1 Å². The van der Waals surface area contributed by atoms with E-state index in [0.717, 1.165) is 38.7 Å². The number of allylic oxidation sites excluding steroid dienone is 1. The first kappa shape index (κ1) is 16.5. The summed E-state index contributed by atoms with van der Waals surface area (Å²) in [7, 11) is -1.27. The second-order valence-electron chi connectivity index (χ2n) is 7.17. The van der Waals surface area contributed by atoms with E-state index in [1.54, 1.807) is 0 Å². The fourth-order valence-electron chi connectivity index (χ4n) is 4.13. The van der Waals surface area contributed by atoms with Gasteiger partial charge in [0.15, 0.2) is 0 Å². The van der Waals surface area contributed by atoms with E-state index in [-0.39, 0.29) is 5.91 Å². The zero-order valence-electron chi connectivity index (χ0n) is 15.1. The summed E-state index contributed by atoms with van der Waals surface area (Å²) in [5, 5.41) is 1.19. The molecule has 2 aliphatic rings. The van der Waals surface area contributed by atoms with E-state index in [4.69, 9.17) is 0 Å². The minimum atomic E-state index is -1.27. The molecule has 1 aromatic heterocycles. The lowest BCUT2D eigenvalue weighted by atomic mass is 9.97. The van der Waals surface area contributed by atoms with Crippen molar-refractivity contribution in [2.24, 2.45) is 0 Å². The number of rotatable bonds is 2. The summed E-state index contributed by atoms with van der Waals surface area (Å²) >= 11 is 0. The number of para-hydroxylation sites is 1. The largest absolute Gasteiger partial charge is 0.353 e. The Kier molecular flexibility index (Phi) is 3.79. The molecule has 0 aliphatic carbocycles. The molecule has 0 spiro atoms. The molecule has 5 heteroatoms. The van der Waals surface area contributed by atoms with Gasteiger partial charge < -0.3 is 9.88 Å². The number of aromatic amines is 1. The van der Waals surface area contributed by atoms with Gasteiger partial charge in [0.1, 0.15) is 0 Å². The van der Waals surface area contributed by atoms with Gasteiger partial charge in [-0.15, -0.1) is 0 Å². The highest BCUT2D eigenvalue weighted by Gasteiger charge is 2.36. The number of aromatic nitrogens is 1. The molecule has 5 rings (SSSR count). The average Bonchev–Trinajstić information content (AvgIpc) is 3.07. The summed E-state index contributed by atoms with van der Waals surface area (Å²) in [6.45, 7) is 2.67. The van der Waals surface area contributed by atoms with Crippen LogP contribution >= 0.6 is 0 Å². The molecule has 0 fully saturated rings. The molecule has 2 aromatic carbocycles. The van der Waals surface area contributed by atoms with Gasteiger partial charge in [-0.1, -0.05) is 35.9 Å². The molecular weight excluding hydrogens is 356 g/mol. The highest BCUT2D eigenvalue weighted by molar-refractivity contribution is 7.89. The minimum absolute atomic E-state index is 0.124. The number of nitrogens with zero attached hydrogens (tertiary/aromatic N) is 1. The van der Waals surface area contributed by atoms with Crippen LogP contribution in [-0.4, -0.2) is 26.5 Å². The summed E-state index contributed by atoms with van der Waals surface area (Å²) in [4.78, 5) is 19.6. The van der Waals surface area contributed by atoms with E-state index in [1.165, 1.54) is 10.9 Å². The number of hydrogen-bond acceptors (Lipinski definition) is 2. The Morgan fingerprint density at radius 1 is 1.00 bits per heavy atom. The number of aryl methyl sites for hydroxylation is 1. The number of benzene rings is 2. The molecule has 2 aliphatic heterocycles. The monoisotopic (exact) mass is 376 g/mol. The standard InChI is InChI=1S/C22H20N2O2S/c1-14-6-8-15(9-7-14)27(26)19-10-11-20(25)24-13-12-17-16-4-2-3-5-18(16)23-21(17)22(19)24/h2-9,23H,10-13H2,1H3. The normalized spacial score (nSPS) is 17.8. The van der Waals surface area contributed by atoms with E-state index in [1.807, 2.05) is 48.2 Å². The predicted octanol–water partition coefficient (Wildman–Crippen LogP) is 4.13. The van der Waals surface area contributed by atoms with Crippen LogP contribution in [0.3, 0.4) is 0 Å². The van der Waals surface area contributed by atoms with Gasteiger partial charge in [0.25, 0.3) is 0 Å². The Labute approximate surface area is 160 Å². The van der Waals surface area contributed by atoms with Crippen LogP contribution in [0.4, 0.5) is 0 Å². The maximum atomic E-state index is 13.4. The van der Waals surface area contributed by atoms with Gasteiger partial charge in [-0.2, -0.15) is 0 Å². The molecule has 1 N–H and O–H groups in total. The average molecular weight is 376 g/mol. The van der Waals surface area contributed by atoms with E-state index >= 15 is 0 Å². The highest BCUT2D eigenvalue weighted by atomic mass is 32.2. The fourth-order valence-corrected chi connectivity index (χ4v) is 5.47. The van der Waals surface area contributed by atoms with Crippen LogP contribution in [0, 0.1) is 6.92 Å². The maximum Gasteiger partial charge on any atom is 0.227 e. The van der Waals surface area contributed by atoms with Crippen molar-refractivity contribution in [1.82, 2.24) is 9.88 Å². The number of carbonyl (C=O) groups excluding carboxylic acids is 1. The van der Waals surface area contributed by atoms with Crippen molar-refractivity contribution in [2.75, 3.05) is 6.54 Å². The van der Waals surface area contributed by atoms with E-state index < -0.39 is 10.8 Å². The lowest BCUT2D eigenvalue weighted by Crippen LogP contribution is -2.38. The third-order valence-corrected chi connectivity index (χ3v) is 7.04. The predicted molar refractivity (Wildman–Crippen MR) is 107 cm³/mol. The summed E-state index contributed by atoms with van der Waals surface area (Å²) in [5.74, 6) is 0.124. The zero-order chi connectivity index (χ0) is 18.5. The van der Waals surface area contributed by atoms with Gasteiger partial charge in [0.05, 0.1) is 22.2 Å². The Bertz CT molecular complexity index is 1120. The molecule has 27 heavy (non-hydrogen) atoms. The first-order valence-corrected chi connectivity index (χ1v) is 10.4. The number of H-pyrrole nitrogens is 1. The molecule has 4 nitrogen and oxygen atoms in total. The van der Waals surface area contributed by atoms with Crippen LogP contribution in [0.15, 0.2) is 58.3 Å². The lowest BCUT2D eigenvalue weighted by Gasteiger charge is -2.35. The topological polar surface area (TPSA) is 53.2 Å². The number of amides is 1. The third kappa shape index (κ3) is 2.57. The lowest BCUT2D eigenvalue weighted by molar-refractivity contribution is -0.128. The SMILES string of the molecule is Cc1ccc(S(=O)C2=C3c4[nH]c5ccccc5c4CCN3C(=O)CC2)cc1. The number of hydrogen-bond donors (Lipinski definition) is 1. The van der Waals surface area contributed by atoms with Crippen LogP contribution in [0.5, 0.6) is 0 Å². The van der Waals surface area contributed by atoms with Crippen molar-refractivity contribution in [3.63, 3.8) is 0 Å². The molecule has 0 radical (unpaired) electrons. The summed E-state index contributed by atoms with van der Waals surface area (Å²) < 4.78 is 13.4. The van der Waals surface area contributed by atoms with Gasteiger partial charge in [0.2, 0.25) is 5.91 Å². The van der Waals surface area contributed by atoms with Crippen LogP contribution in [0.25, 0.3) is 16.6 Å². The Morgan fingerprint density at radius 3 is 2.59 bits per heavy atom. The first-order valence-electron chi connectivity index (χ1n) is 9.25. The van der Waals surface area contributed by atoms with E-state index in [9.17, 15) is 9.00 Å². The van der Waals surface area contributed by atoms with Gasteiger partial charge in [-0.3, -0.25) is 4.79 Å². The van der Waals surface area contributed by atoms with Crippen molar-refractivity contribution in [3.8, 4) is 0 Å². The molecule has 3 heterocycles. The zero-order valence-corrected chi connectivity index (χ0v) is 15.9. The summed E-state index contributed by atoms with van der Waals surface area (Å²) in [6, 6.07) is 16.0. The van der Waals surface area contributed by atoms with E-state index in [2.05, 4.69) is 17.1 Å². The molecule has 3 aromatic rings. The van der Waals surface area contributed by atoms with Gasteiger partial charge in [-0.25, -0.2) is 4.21 Å². The molecule has 1 unspecified atom stereocenters. The fraction of sp³-hybridized carbons (Fsp3) is 0.227. The Morgan fingerprint density at radius 2 is 1.78 bits per heavy atom. The molecule has 1 atom stereocenters. The Balaban J connectivity index is 1.73. The summed E-state index contributed by atoms with van der Waals surface area (Å²) in [5.41, 5.74) is 5.23. The summed E-state index contributed by atoms with van der Waals surface area (Å²) in [6.07, 6.45) is 1.78. The number of nitrogens with one attached hydrogen (secondary N) is 1. The molecule has 0 bridgehead atoms.